The minimum atomic E-state index is 0.127. The molecule has 2 rings (SSSR count). The molecule has 1 aromatic rings. The highest BCUT2D eigenvalue weighted by Gasteiger charge is 2.22. The first-order valence-electron chi connectivity index (χ1n) is 5.64. The van der Waals surface area contributed by atoms with Gasteiger partial charge in [-0.25, -0.2) is 0 Å². The van der Waals surface area contributed by atoms with E-state index in [1.807, 2.05) is 6.07 Å². The van der Waals surface area contributed by atoms with Crippen LogP contribution in [0.15, 0.2) is 6.07 Å². The molecule has 1 aromatic heterocycles. The first-order chi connectivity index (χ1) is 7.29. The van der Waals surface area contributed by atoms with Crippen LogP contribution in [0.5, 0.6) is 0 Å². The first kappa shape index (κ1) is 10.2. The molecule has 0 atom stereocenters. The van der Waals surface area contributed by atoms with Crippen LogP contribution >= 0.6 is 0 Å². The fraction of sp³-hybridized carbons (Fsp3) is 0.636. The Balaban J connectivity index is 1.92. The average Bonchev–Trinajstić information content (AvgIpc) is 2.87. The summed E-state index contributed by atoms with van der Waals surface area (Å²) in [5, 5.41) is 9.79. The molecule has 0 bridgehead atoms. The molecule has 4 heteroatoms. The minimum absolute atomic E-state index is 0.127. The molecular weight excluding hydrogens is 190 g/mol. The number of carbonyl (C=O) groups is 1. The topological polar surface area (TPSA) is 57.8 Å². The normalized spacial score (nSPS) is 16.9. The van der Waals surface area contributed by atoms with Crippen molar-refractivity contribution in [3.63, 3.8) is 0 Å². The van der Waals surface area contributed by atoms with Crippen molar-refractivity contribution in [3.05, 3.63) is 11.8 Å². The average molecular weight is 207 g/mol. The molecule has 1 saturated carbocycles. The number of nitrogens with zero attached hydrogens (tertiary/aromatic N) is 1. The van der Waals surface area contributed by atoms with E-state index in [1.54, 1.807) is 0 Å². The first-order valence-corrected chi connectivity index (χ1v) is 5.64. The Morgan fingerprint density at radius 2 is 2.33 bits per heavy atom. The molecule has 4 nitrogen and oxygen atoms in total. The largest absolute Gasteiger partial charge is 0.309 e. The van der Waals surface area contributed by atoms with Crippen LogP contribution in [0.1, 0.15) is 38.3 Å². The highest BCUT2D eigenvalue weighted by molar-refractivity contribution is 5.91. The van der Waals surface area contributed by atoms with Crippen LogP contribution in [0.3, 0.4) is 0 Å². The lowest BCUT2D eigenvalue weighted by Crippen LogP contribution is -2.20. The summed E-state index contributed by atoms with van der Waals surface area (Å²) in [5.41, 5.74) is 1.05. The Bertz CT molecular complexity index is 339. The van der Waals surface area contributed by atoms with Gasteiger partial charge in [0.1, 0.15) is 0 Å². The van der Waals surface area contributed by atoms with E-state index in [2.05, 4.69) is 22.4 Å². The van der Waals surface area contributed by atoms with E-state index in [1.165, 1.54) is 12.8 Å². The second-order valence-corrected chi connectivity index (χ2v) is 4.10. The van der Waals surface area contributed by atoms with Crippen LogP contribution < -0.4 is 5.32 Å². The number of aromatic amines is 1. The number of carbonyl (C=O) groups excluding carboxylic acids is 1. The highest BCUT2D eigenvalue weighted by Crippen LogP contribution is 2.25. The molecule has 1 fully saturated rings. The van der Waals surface area contributed by atoms with Crippen LogP contribution in [-0.4, -0.2) is 16.1 Å². The van der Waals surface area contributed by atoms with Crippen molar-refractivity contribution in [2.24, 2.45) is 5.92 Å². The second-order valence-electron chi connectivity index (χ2n) is 4.10. The number of anilines is 1. The van der Waals surface area contributed by atoms with Crippen molar-refractivity contribution in [1.82, 2.24) is 10.2 Å². The number of nitrogens with one attached hydrogen (secondary N) is 2. The van der Waals surface area contributed by atoms with Crippen LogP contribution in [0.4, 0.5) is 5.82 Å². The van der Waals surface area contributed by atoms with E-state index in [-0.39, 0.29) is 11.8 Å². The third kappa shape index (κ3) is 2.37. The van der Waals surface area contributed by atoms with E-state index in [0.29, 0.717) is 5.82 Å². The van der Waals surface area contributed by atoms with Crippen molar-refractivity contribution in [1.29, 1.82) is 0 Å². The van der Waals surface area contributed by atoms with Crippen LogP contribution in [-0.2, 0) is 11.2 Å². The second kappa shape index (κ2) is 4.47. The lowest BCUT2D eigenvalue weighted by molar-refractivity contribution is -0.119. The third-order valence-corrected chi connectivity index (χ3v) is 2.99. The molecule has 1 aliphatic carbocycles. The quantitative estimate of drug-likeness (QED) is 0.797. The molecule has 0 aliphatic heterocycles. The minimum Gasteiger partial charge on any atom is -0.309 e. The molecule has 1 amide bonds. The summed E-state index contributed by atoms with van der Waals surface area (Å²) in [6, 6.07) is 1.90. The predicted octanol–water partition coefficient (Wildman–Crippen LogP) is 2.10. The summed E-state index contributed by atoms with van der Waals surface area (Å²) < 4.78 is 0. The number of rotatable bonds is 3. The van der Waals surface area contributed by atoms with Gasteiger partial charge < -0.3 is 5.32 Å². The van der Waals surface area contributed by atoms with Crippen LogP contribution in [0.2, 0.25) is 0 Å². The SMILES string of the molecule is CCc1cc(NC(=O)C2CCCC2)n[nH]1. The number of hydrogen-bond acceptors (Lipinski definition) is 2. The molecule has 82 valence electrons. The van der Waals surface area contributed by atoms with Gasteiger partial charge in [0.15, 0.2) is 5.82 Å². The zero-order chi connectivity index (χ0) is 10.7. The van der Waals surface area contributed by atoms with Crippen molar-refractivity contribution < 1.29 is 4.79 Å². The monoisotopic (exact) mass is 207 g/mol. The Labute approximate surface area is 89.5 Å². The van der Waals surface area contributed by atoms with Crippen molar-refractivity contribution in [2.75, 3.05) is 5.32 Å². The maximum Gasteiger partial charge on any atom is 0.228 e. The molecule has 0 aromatic carbocycles. The van der Waals surface area contributed by atoms with Gasteiger partial charge in [-0.3, -0.25) is 9.89 Å². The van der Waals surface area contributed by atoms with E-state index in [9.17, 15) is 4.79 Å². The zero-order valence-electron chi connectivity index (χ0n) is 9.05. The van der Waals surface area contributed by atoms with Gasteiger partial charge in [0.05, 0.1) is 0 Å². The number of aromatic nitrogens is 2. The van der Waals surface area contributed by atoms with Crippen molar-refractivity contribution in [2.45, 2.75) is 39.0 Å². The third-order valence-electron chi connectivity index (χ3n) is 2.99. The van der Waals surface area contributed by atoms with E-state index < -0.39 is 0 Å². The predicted molar refractivity (Wildman–Crippen MR) is 58.6 cm³/mol. The Kier molecular flexibility index (Phi) is 3.04. The summed E-state index contributed by atoms with van der Waals surface area (Å²) in [7, 11) is 0. The van der Waals surface area contributed by atoms with E-state index in [0.717, 1.165) is 25.0 Å². The molecule has 2 N–H and O–H groups in total. The van der Waals surface area contributed by atoms with Crippen molar-refractivity contribution >= 4 is 11.7 Å². The lowest BCUT2D eigenvalue weighted by atomic mass is 10.1. The Morgan fingerprint density at radius 3 is 2.93 bits per heavy atom. The van der Waals surface area contributed by atoms with Crippen molar-refractivity contribution in [3.8, 4) is 0 Å². The van der Waals surface area contributed by atoms with Gasteiger partial charge in [0, 0.05) is 17.7 Å². The lowest BCUT2D eigenvalue weighted by Gasteiger charge is -2.07. The Hall–Kier alpha value is -1.32. The summed E-state index contributed by atoms with van der Waals surface area (Å²) >= 11 is 0. The number of amides is 1. The molecule has 15 heavy (non-hydrogen) atoms. The van der Waals surface area contributed by atoms with Gasteiger partial charge in [-0.15, -0.1) is 0 Å². The van der Waals surface area contributed by atoms with Gasteiger partial charge in [-0.2, -0.15) is 5.10 Å². The zero-order valence-corrected chi connectivity index (χ0v) is 9.05. The number of aryl methyl sites for hydroxylation is 1. The van der Waals surface area contributed by atoms with Gasteiger partial charge in [-0.1, -0.05) is 19.8 Å². The van der Waals surface area contributed by atoms with Crippen LogP contribution in [0, 0.1) is 5.92 Å². The molecule has 0 saturated heterocycles. The molecule has 0 spiro atoms. The number of H-pyrrole nitrogens is 1. The molecular formula is C11H17N3O. The van der Waals surface area contributed by atoms with Crippen LogP contribution in [0.25, 0.3) is 0 Å². The van der Waals surface area contributed by atoms with Gasteiger partial charge >= 0.3 is 0 Å². The molecule has 0 radical (unpaired) electrons. The summed E-state index contributed by atoms with van der Waals surface area (Å²) in [6.45, 7) is 2.05. The fourth-order valence-corrected chi connectivity index (χ4v) is 2.02. The Morgan fingerprint density at radius 1 is 1.60 bits per heavy atom. The summed E-state index contributed by atoms with van der Waals surface area (Å²) in [4.78, 5) is 11.7. The molecule has 1 heterocycles. The maximum atomic E-state index is 11.7. The maximum absolute atomic E-state index is 11.7. The molecule has 0 unspecified atom stereocenters. The van der Waals surface area contributed by atoms with E-state index in [4.69, 9.17) is 0 Å². The fourth-order valence-electron chi connectivity index (χ4n) is 2.02. The van der Waals surface area contributed by atoms with Gasteiger partial charge in [0.25, 0.3) is 0 Å². The van der Waals surface area contributed by atoms with E-state index >= 15 is 0 Å². The van der Waals surface area contributed by atoms with Gasteiger partial charge in [0.2, 0.25) is 5.91 Å². The highest BCUT2D eigenvalue weighted by atomic mass is 16.1. The molecule has 1 aliphatic rings. The number of hydrogen-bond donors (Lipinski definition) is 2. The van der Waals surface area contributed by atoms with Gasteiger partial charge in [-0.05, 0) is 19.3 Å². The smallest absolute Gasteiger partial charge is 0.228 e. The standard InChI is InChI=1S/C11H17N3O/c1-2-9-7-10(14-13-9)12-11(15)8-5-3-4-6-8/h7-8H,2-6H2,1H3,(H2,12,13,14,15). The summed E-state index contributed by atoms with van der Waals surface area (Å²) in [6.07, 6.45) is 5.32. The summed E-state index contributed by atoms with van der Waals surface area (Å²) in [5.74, 6) is 0.983.